The summed E-state index contributed by atoms with van der Waals surface area (Å²) >= 11 is 0. The molecule has 14 heavy (non-hydrogen) atoms. The van der Waals surface area contributed by atoms with Crippen LogP contribution in [-0.4, -0.2) is 27.8 Å². The Morgan fingerprint density at radius 2 is 2.14 bits per heavy atom. The van der Waals surface area contributed by atoms with Gasteiger partial charge in [0.2, 0.25) is 0 Å². The van der Waals surface area contributed by atoms with Crippen LogP contribution in [0.5, 0.6) is 5.75 Å². The number of carbonyl (C=O) groups is 1. The van der Waals surface area contributed by atoms with Crippen molar-refractivity contribution in [3.05, 3.63) is 29.3 Å². The minimum absolute atomic E-state index is 0.00380. The smallest absolute Gasteiger partial charge is 0.339 e. The van der Waals surface area contributed by atoms with Crippen LogP contribution in [-0.2, 0) is 0 Å². The highest BCUT2D eigenvalue weighted by atomic mass is 16.4. The second-order valence-corrected chi connectivity index (χ2v) is 2.83. The molecule has 0 saturated heterocycles. The second-order valence-electron chi connectivity index (χ2n) is 2.83. The summed E-state index contributed by atoms with van der Waals surface area (Å²) in [6, 6.07) is 3.85. The zero-order valence-electron chi connectivity index (χ0n) is 7.34. The van der Waals surface area contributed by atoms with Crippen molar-refractivity contribution in [2.24, 2.45) is 5.73 Å². The van der Waals surface area contributed by atoms with Gasteiger partial charge in [0.05, 0.1) is 6.10 Å². The largest absolute Gasteiger partial charge is 0.507 e. The first-order valence-electron chi connectivity index (χ1n) is 4.00. The lowest BCUT2D eigenvalue weighted by atomic mass is 10.1. The van der Waals surface area contributed by atoms with E-state index in [2.05, 4.69) is 0 Å². The van der Waals surface area contributed by atoms with Gasteiger partial charge in [-0.15, -0.1) is 0 Å². The number of hydrogen-bond donors (Lipinski definition) is 4. The molecule has 0 spiro atoms. The van der Waals surface area contributed by atoms with E-state index in [4.69, 9.17) is 15.9 Å². The maximum atomic E-state index is 10.6. The number of carboxylic acids is 1. The Hall–Kier alpha value is -1.59. The third-order valence-electron chi connectivity index (χ3n) is 1.86. The Balaban J connectivity index is 3.12. The van der Waals surface area contributed by atoms with E-state index < -0.39 is 12.1 Å². The Labute approximate surface area is 80.4 Å². The zero-order valence-corrected chi connectivity index (χ0v) is 7.34. The van der Waals surface area contributed by atoms with Gasteiger partial charge in [0, 0.05) is 6.54 Å². The van der Waals surface area contributed by atoms with E-state index in [0.29, 0.717) is 5.56 Å². The number of aliphatic hydroxyl groups is 1. The number of hydrogen-bond acceptors (Lipinski definition) is 4. The molecule has 1 aromatic rings. The number of phenols is 1. The normalized spacial score (nSPS) is 12.4. The van der Waals surface area contributed by atoms with Crippen LogP contribution < -0.4 is 5.73 Å². The number of aromatic carboxylic acids is 1. The van der Waals surface area contributed by atoms with Gasteiger partial charge < -0.3 is 21.1 Å². The van der Waals surface area contributed by atoms with E-state index in [1.165, 1.54) is 18.2 Å². The molecular formula is C9H11NO4. The van der Waals surface area contributed by atoms with Crippen molar-refractivity contribution in [2.75, 3.05) is 6.54 Å². The SMILES string of the molecule is NCC(O)c1ccc(O)c(C(=O)O)c1. The lowest BCUT2D eigenvalue weighted by Gasteiger charge is -2.09. The standard InChI is InChI=1S/C9H11NO4/c10-4-8(12)5-1-2-7(11)6(3-5)9(13)14/h1-3,8,11-12H,4,10H2,(H,13,14). The van der Waals surface area contributed by atoms with Crippen LogP contribution in [0.15, 0.2) is 18.2 Å². The predicted octanol–water partition coefficient (Wildman–Crippen LogP) is 0.0825. The summed E-state index contributed by atoms with van der Waals surface area (Å²) in [6.07, 6.45) is -0.909. The number of benzene rings is 1. The molecule has 0 heterocycles. The first-order valence-corrected chi connectivity index (χ1v) is 4.00. The molecule has 0 saturated carbocycles. The van der Waals surface area contributed by atoms with Gasteiger partial charge in [-0.05, 0) is 17.7 Å². The van der Waals surface area contributed by atoms with Crippen LogP contribution in [0, 0.1) is 0 Å². The molecule has 0 radical (unpaired) electrons. The van der Waals surface area contributed by atoms with Crippen molar-refractivity contribution in [2.45, 2.75) is 6.10 Å². The van der Waals surface area contributed by atoms with Crippen molar-refractivity contribution in [3.8, 4) is 5.75 Å². The highest BCUT2D eigenvalue weighted by molar-refractivity contribution is 5.90. The molecule has 0 bridgehead atoms. The van der Waals surface area contributed by atoms with Crippen LogP contribution in [0.2, 0.25) is 0 Å². The summed E-state index contributed by atoms with van der Waals surface area (Å²) in [4.78, 5) is 10.6. The molecule has 5 N–H and O–H groups in total. The molecule has 1 atom stereocenters. The maximum Gasteiger partial charge on any atom is 0.339 e. The van der Waals surface area contributed by atoms with Gasteiger partial charge in [-0.1, -0.05) is 6.07 Å². The molecule has 76 valence electrons. The summed E-state index contributed by atoms with van der Waals surface area (Å²) in [5.41, 5.74) is 5.35. The topological polar surface area (TPSA) is 104 Å². The van der Waals surface area contributed by atoms with Crippen molar-refractivity contribution < 1.29 is 20.1 Å². The highest BCUT2D eigenvalue weighted by Crippen LogP contribution is 2.21. The predicted molar refractivity (Wildman–Crippen MR) is 49.1 cm³/mol. The van der Waals surface area contributed by atoms with Crippen molar-refractivity contribution in [1.29, 1.82) is 0 Å². The Bertz CT molecular complexity index is 351. The average Bonchev–Trinajstić information content (AvgIpc) is 2.17. The fraction of sp³-hybridized carbons (Fsp3) is 0.222. The molecule has 5 nitrogen and oxygen atoms in total. The Kier molecular flexibility index (Phi) is 3.06. The molecule has 0 fully saturated rings. The number of rotatable bonds is 3. The van der Waals surface area contributed by atoms with Crippen LogP contribution >= 0.6 is 0 Å². The lowest BCUT2D eigenvalue weighted by Crippen LogP contribution is -2.12. The van der Waals surface area contributed by atoms with Crippen LogP contribution in [0.3, 0.4) is 0 Å². The van der Waals surface area contributed by atoms with E-state index in [1.54, 1.807) is 0 Å². The second kappa shape index (κ2) is 4.08. The fourth-order valence-corrected chi connectivity index (χ4v) is 1.07. The van der Waals surface area contributed by atoms with Gasteiger partial charge in [-0.3, -0.25) is 0 Å². The van der Waals surface area contributed by atoms with Crippen molar-refractivity contribution in [3.63, 3.8) is 0 Å². The molecule has 1 aromatic carbocycles. The molecule has 0 aromatic heterocycles. The first kappa shape index (κ1) is 10.5. The number of carboxylic acid groups (broad SMARTS) is 1. The molecule has 0 aliphatic heterocycles. The summed E-state index contributed by atoms with van der Waals surface area (Å²) in [5.74, 6) is -1.57. The molecule has 1 rings (SSSR count). The van der Waals surface area contributed by atoms with Gasteiger partial charge in [0.15, 0.2) is 0 Å². The first-order chi connectivity index (χ1) is 6.56. The minimum atomic E-state index is -1.24. The Morgan fingerprint density at radius 1 is 1.50 bits per heavy atom. The van der Waals surface area contributed by atoms with E-state index in [1.807, 2.05) is 0 Å². The summed E-state index contributed by atoms with van der Waals surface area (Å²) < 4.78 is 0. The Morgan fingerprint density at radius 3 is 2.64 bits per heavy atom. The summed E-state index contributed by atoms with van der Waals surface area (Å²) in [6.45, 7) is 0.00380. The van der Waals surface area contributed by atoms with E-state index >= 15 is 0 Å². The van der Waals surface area contributed by atoms with Crippen LogP contribution in [0.25, 0.3) is 0 Å². The summed E-state index contributed by atoms with van der Waals surface area (Å²) in [5, 5.41) is 27.2. The quantitative estimate of drug-likeness (QED) is 0.549. The van der Waals surface area contributed by atoms with E-state index in [0.717, 1.165) is 0 Å². The average molecular weight is 197 g/mol. The molecular weight excluding hydrogens is 186 g/mol. The number of nitrogens with two attached hydrogens (primary N) is 1. The van der Waals surface area contributed by atoms with Gasteiger partial charge >= 0.3 is 5.97 Å². The maximum absolute atomic E-state index is 10.6. The summed E-state index contributed by atoms with van der Waals surface area (Å²) in [7, 11) is 0. The number of aromatic hydroxyl groups is 1. The van der Waals surface area contributed by atoms with Crippen molar-refractivity contribution >= 4 is 5.97 Å². The van der Waals surface area contributed by atoms with Crippen LogP contribution in [0.1, 0.15) is 22.0 Å². The van der Waals surface area contributed by atoms with Crippen LogP contribution in [0.4, 0.5) is 0 Å². The lowest BCUT2D eigenvalue weighted by molar-refractivity contribution is 0.0693. The van der Waals surface area contributed by atoms with Gasteiger partial charge in [-0.25, -0.2) is 4.79 Å². The fourth-order valence-electron chi connectivity index (χ4n) is 1.07. The molecule has 0 aliphatic carbocycles. The van der Waals surface area contributed by atoms with Crippen molar-refractivity contribution in [1.82, 2.24) is 0 Å². The molecule has 0 aliphatic rings. The minimum Gasteiger partial charge on any atom is -0.507 e. The van der Waals surface area contributed by atoms with Gasteiger partial charge in [-0.2, -0.15) is 0 Å². The third kappa shape index (κ3) is 2.01. The molecule has 1 unspecified atom stereocenters. The van der Waals surface area contributed by atoms with Gasteiger partial charge in [0.1, 0.15) is 11.3 Å². The number of aliphatic hydroxyl groups excluding tert-OH is 1. The monoisotopic (exact) mass is 197 g/mol. The zero-order chi connectivity index (χ0) is 10.7. The molecule has 5 heteroatoms. The molecule has 0 amide bonds. The third-order valence-corrected chi connectivity index (χ3v) is 1.86. The highest BCUT2D eigenvalue weighted by Gasteiger charge is 2.13. The van der Waals surface area contributed by atoms with E-state index in [-0.39, 0.29) is 17.9 Å². The van der Waals surface area contributed by atoms with Gasteiger partial charge in [0.25, 0.3) is 0 Å². The van der Waals surface area contributed by atoms with E-state index in [9.17, 15) is 9.90 Å².